The lowest BCUT2D eigenvalue weighted by Crippen LogP contribution is -3.11. The average Bonchev–Trinajstić information content (AvgIpc) is 2.81. The zero-order chi connectivity index (χ0) is 13.0. The minimum Gasteiger partial charge on any atom is -0.453 e. The van der Waals surface area contributed by atoms with Crippen LogP contribution in [0, 0.1) is 5.82 Å². The lowest BCUT2D eigenvalue weighted by atomic mass is 10.2. The van der Waals surface area contributed by atoms with E-state index >= 15 is 0 Å². The number of nitrogens with one attached hydrogen (secondary N) is 1. The molecule has 1 saturated heterocycles. The van der Waals surface area contributed by atoms with Crippen LogP contribution in [-0.4, -0.2) is 31.7 Å². The number of rotatable bonds is 4. The molecule has 1 atom stereocenters. The summed E-state index contributed by atoms with van der Waals surface area (Å²) in [4.78, 5) is 13.3. The van der Waals surface area contributed by atoms with Crippen molar-refractivity contribution in [1.29, 1.82) is 0 Å². The van der Waals surface area contributed by atoms with Crippen LogP contribution in [0.2, 0.25) is 0 Å². The maximum absolute atomic E-state index is 13.0. The molecule has 3 nitrogen and oxygen atoms in total. The van der Waals surface area contributed by atoms with Gasteiger partial charge in [0.15, 0.2) is 0 Å². The van der Waals surface area contributed by atoms with Crippen molar-refractivity contribution in [3.05, 3.63) is 35.6 Å². The quantitative estimate of drug-likeness (QED) is 0.812. The molecule has 4 heteroatoms. The van der Waals surface area contributed by atoms with Gasteiger partial charge >= 0.3 is 5.97 Å². The molecule has 1 aromatic carbocycles. The Labute approximate surface area is 107 Å². The Morgan fingerprint density at radius 1 is 1.44 bits per heavy atom. The molecule has 2 rings (SSSR count). The van der Waals surface area contributed by atoms with E-state index in [-0.39, 0.29) is 11.7 Å². The Morgan fingerprint density at radius 3 is 2.83 bits per heavy atom. The first-order valence-electron chi connectivity index (χ1n) is 6.45. The van der Waals surface area contributed by atoms with Gasteiger partial charge in [-0.1, -0.05) is 6.07 Å². The number of hydrogen-bond acceptors (Lipinski definition) is 2. The van der Waals surface area contributed by atoms with Crippen molar-refractivity contribution >= 4 is 5.97 Å². The van der Waals surface area contributed by atoms with Gasteiger partial charge in [0.05, 0.1) is 18.7 Å². The SMILES string of the molecule is C[C@@H](C[NH+]1CCCC1)OC(=O)c1cccc(F)c1. The van der Waals surface area contributed by atoms with Crippen LogP contribution < -0.4 is 4.90 Å². The Kier molecular flexibility index (Phi) is 4.31. The lowest BCUT2D eigenvalue weighted by Gasteiger charge is -2.18. The standard InChI is InChI=1S/C14H18FNO2/c1-11(10-16-7-2-3-8-16)18-14(17)12-5-4-6-13(15)9-12/h4-6,9,11H,2-3,7-8,10H2,1H3/p+1/t11-/m0/s1. The highest BCUT2D eigenvalue weighted by atomic mass is 19.1. The monoisotopic (exact) mass is 252 g/mol. The van der Waals surface area contributed by atoms with E-state index in [9.17, 15) is 9.18 Å². The van der Waals surface area contributed by atoms with Gasteiger partial charge in [-0.25, -0.2) is 9.18 Å². The summed E-state index contributed by atoms with van der Waals surface area (Å²) in [6.07, 6.45) is 2.37. The number of quaternary nitrogens is 1. The summed E-state index contributed by atoms with van der Waals surface area (Å²) in [5.74, 6) is -0.858. The molecule has 0 amide bonds. The second-order valence-corrected chi connectivity index (χ2v) is 4.89. The van der Waals surface area contributed by atoms with Crippen LogP contribution in [-0.2, 0) is 4.74 Å². The number of ether oxygens (including phenoxy) is 1. The van der Waals surface area contributed by atoms with Gasteiger partial charge in [0.1, 0.15) is 18.5 Å². The molecule has 1 aromatic rings. The van der Waals surface area contributed by atoms with E-state index in [4.69, 9.17) is 4.74 Å². The molecule has 0 saturated carbocycles. The first kappa shape index (κ1) is 13.0. The van der Waals surface area contributed by atoms with Gasteiger partial charge in [-0.2, -0.15) is 0 Å². The number of likely N-dealkylation sites (tertiary alicyclic amines) is 1. The maximum Gasteiger partial charge on any atom is 0.338 e. The largest absolute Gasteiger partial charge is 0.453 e. The van der Waals surface area contributed by atoms with Crippen molar-refractivity contribution in [2.24, 2.45) is 0 Å². The van der Waals surface area contributed by atoms with Crippen molar-refractivity contribution in [2.75, 3.05) is 19.6 Å². The normalized spacial score (nSPS) is 17.7. The fraction of sp³-hybridized carbons (Fsp3) is 0.500. The number of benzene rings is 1. The summed E-state index contributed by atoms with van der Waals surface area (Å²) < 4.78 is 18.3. The highest BCUT2D eigenvalue weighted by Gasteiger charge is 2.21. The minimum atomic E-state index is -0.444. The van der Waals surface area contributed by atoms with E-state index in [0.717, 1.165) is 19.6 Å². The number of esters is 1. The third kappa shape index (κ3) is 3.53. The second kappa shape index (κ2) is 5.96. The summed E-state index contributed by atoms with van der Waals surface area (Å²) in [7, 11) is 0. The van der Waals surface area contributed by atoms with Crippen molar-refractivity contribution in [1.82, 2.24) is 0 Å². The molecule has 1 N–H and O–H groups in total. The number of halogens is 1. The average molecular weight is 252 g/mol. The Hall–Kier alpha value is -1.42. The van der Waals surface area contributed by atoms with Crippen molar-refractivity contribution in [2.45, 2.75) is 25.9 Å². The topological polar surface area (TPSA) is 30.7 Å². The number of hydrogen-bond donors (Lipinski definition) is 1. The van der Waals surface area contributed by atoms with E-state index in [2.05, 4.69) is 0 Å². The van der Waals surface area contributed by atoms with Gasteiger partial charge in [-0.15, -0.1) is 0 Å². The molecule has 0 aliphatic carbocycles. The highest BCUT2D eigenvalue weighted by molar-refractivity contribution is 5.89. The summed E-state index contributed by atoms with van der Waals surface area (Å²) >= 11 is 0. The fourth-order valence-electron chi connectivity index (χ4n) is 2.39. The zero-order valence-electron chi connectivity index (χ0n) is 10.6. The first-order valence-corrected chi connectivity index (χ1v) is 6.45. The third-order valence-corrected chi connectivity index (χ3v) is 3.26. The van der Waals surface area contributed by atoms with E-state index < -0.39 is 11.8 Å². The summed E-state index contributed by atoms with van der Waals surface area (Å²) in [5, 5.41) is 0. The highest BCUT2D eigenvalue weighted by Crippen LogP contribution is 2.06. The Bertz CT molecular complexity index is 416. The van der Waals surface area contributed by atoms with Gasteiger partial charge in [-0.05, 0) is 25.1 Å². The first-order chi connectivity index (χ1) is 8.65. The van der Waals surface area contributed by atoms with E-state index in [1.807, 2.05) is 6.92 Å². The Balaban J connectivity index is 1.86. The van der Waals surface area contributed by atoms with Crippen LogP contribution in [0.15, 0.2) is 24.3 Å². The molecular formula is C14H19FNO2+. The van der Waals surface area contributed by atoms with Crippen LogP contribution in [0.3, 0.4) is 0 Å². The molecule has 18 heavy (non-hydrogen) atoms. The number of carbonyl (C=O) groups excluding carboxylic acids is 1. The summed E-state index contributed by atoms with van der Waals surface area (Å²) in [6, 6.07) is 5.61. The van der Waals surface area contributed by atoms with Crippen LogP contribution in [0.1, 0.15) is 30.1 Å². The van der Waals surface area contributed by atoms with Crippen molar-refractivity contribution in [3.63, 3.8) is 0 Å². The molecular weight excluding hydrogens is 233 g/mol. The summed E-state index contributed by atoms with van der Waals surface area (Å²) in [6.45, 7) is 5.04. The van der Waals surface area contributed by atoms with E-state index in [1.54, 1.807) is 6.07 Å². The molecule has 1 fully saturated rings. The predicted molar refractivity (Wildman–Crippen MR) is 66.1 cm³/mol. The Morgan fingerprint density at radius 2 is 2.17 bits per heavy atom. The molecule has 98 valence electrons. The fourth-order valence-corrected chi connectivity index (χ4v) is 2.39. The molecule has 1 aliphatic rings. The van der Waals surface area contributed by atoms with Crippen molar-refractivity contribution < 1.29 is 18.8 Å². The van der Waals surface area contributed by atoms with E-state index in [1.165, 1.54) is 35.9 Å². The molecule has 0 aromatic heterocycles. The van der Waals surface area contributed by atoms with Gasteiger partial charge in [0.2, 0.25) is 0 Å². The molecule has 1 heterocycles. The summed E-state index contributed by atoms with van der Waals surface area (Å²) in [5.41, 5.74) is 0.276. The molecule has 0 spiro atoms. The maximum atomic E-state index is 13.0. The van der Waals surface area contributed by atoms with Crippen LogP contribution in [0.4, 0.5) is 4.39 Å². The predicted octanol–water partition coefficient (Wildman–Crippen LogP) is 1.05. The lowest BCUT2D eigenvalue weighted by molar-refractivity contribution is -0.890. The third-order valence-electron chi connectivity index (χ3n) is 3.26. The van der Waals surface area contributed by atoms with Gasteiger partial charge in [0.25, 0.3) is 0 Å². The van der Waals surface area contributed by atoms with Gasteiger partial charge in [-0.3, -0.25) is 0 Å². The minimum absolute atomic E-state index is 0.131. The van der Waals surface area contributed by atoms with Crippen LogP contribution in [0.5, 0.6) is 0 Å². The van der Waals surface area contributed by atoms with Crippen LogP contribution >= 0.6 is 0 Å². The smallest absolute Gasteiger partial charge is 0.338 e. The van der Waals surface area contributed by atoms with E-state index in [0.29, 0.717) is 0 Å². The molecule has 0 bridgehead atoms. The second-order valence-electron chi connectivity index (χ2n) is 4.89. The van der Waals surface area contributed by atoms with Gasteiger partial charge < -0.3 is 9.64 Å². The number of carbonyl (C=O) groups is 1. The molecule has 0 radical (unpaired) electrons. The zero-order valence-corrected chi connectivity index (χ0v) is 10.6. The van der Waals surface area contributed by atoms with Crippen LogP contribution in [0.25, 0.3) is 0 Å². The van der Waals surface area contributed by atoms with Crippen molar-refractivity contribution in [3.8, 4) is 0 Å². The molecule has 0 unspecified atom stereocenters. The van der Waals surface area contributed by atoms with Gasteiger partial charge in [0, 0.05) is 12.8 Å². The molecule has 1 aliphatic heterocycles.